The van der Waals surface area contributed by atoms with Gasteiger partial charge >= 0.3 is 0 Å². The van der Waals surface area contributed by atoms with Gasteiger partial charge in [0.15, 0.2) is 0 Å². The molecule has 276 valence electrons. The fraction of sp³-hybridized carbons (Fsp3) is 0.123. The molecular weight excluding hydrogens is 699 g/mol. The van der Waals surface area contributed by atoms with Crippen molar-refractivity contribution in [1.29, 1.82) is 0 Å². The fourth-order valence-electron chi connectivity index (χ4n) is 11.6. The summed E-state index contributed by atoms with van der Waals surface area (Å²) in [5, 5.41) is 0. The lowest BCUT2D eigenvalue weighted by molar-refractivity contribution is 0.616. The number of benzene rings is 7. The third-order valence-electron chi connectivity index (χ3n) is 13.9. The van der Waals surface area contributed by atoms with Crippen molar-refractivity contribution < 1.29 is 0 Å². The molecule has 1 unspecified atom stereocenters. The highest BCUT2D eigenvalue weighted by molar-refractivity contribution is 5.98. The molecule has 0 amide bonds. The van der Waals surface area contributed by atoms with Gasteiger partial charge in [0, 0.05) is 28.3 Å². The van der Waals surface area contributed by atoms with Crippen molar-refractivity contribution >= 4 is 28.7 Å². The van der Waals surface area contributed by atoms with E-state index in [0.29, 0.717) is 5.92 Å². The molecule has 0 N–H and O–H groups in total. The summed E-state index contributed by atoms with van der Waals surface area (Å²) < 4.78 is 0. The minimum absolute atomic E-state index is 0.0244. The number of hydrogen-bond acceptors (Lipinski definition) is 1. The molecule has 0 bridgehead atoms. The van der Waals surface area contributed by atoms with Crippen LogP contribution < -0.4 is 4.90 Å². The van der Waals surface area contributed by atoms with E-state index in [4.69, 9.17) is 0 Å². The highest BCUT2D eigenvalue weighted by Crippen LogP contribution is 2.63. The minimum Gasteiger partial charge on any atom is -0.310 e. The van der Waals surface area contributed by atoms with Crippen molar-refractivity contribution in [2.24, 2.45) is 0 Å². The van der Waals surface area contributed by atoms with E-state index in [-0.39, 0.29) is 5.41 Å². The predicted octanol–water partition coefficient (Wildman–Crippen LogP) is 14.4. The van der Waals surface area contributed by atoms with Gasteiger partial charge in [0.1, 0.15) is 0 Å². The van der Waals surface area contributed by atoms with Crippen molar-refractivity contribution in [3.05, 3.63) is 244 Å². The molecular formula is C57H43N. The molecule has 0 fully saturated rings. The molecule has 12 rings (SSSR count). The first kappa shape index (κ1) is 33.4. The number of rotatable bonds is 4. The van der Waals surface area contributed by atoms with Gasteiger partial charge in [0.2, 0.25) is 0 Å². The van der Waals surface area contributed by atoms with Crippen LogP contribution in [-0.2, 0) is 10.8 Å². The first-order valence-electron chi connectivity index (χ1n) is 20.9. The van der Waals surface area contributed by atoms with Gasteiger partial charge in [-0.3, -0.25) is 0 Å². The Hall–Kier alpha value is -6.70. The Morgan fingerprint density at radius 2 is 1.07 bits per heavy atom. The van der Waals surface area contributed by atoms with Gasteiger partial charge in [-0.1, -0.05) is 184 Å². The van der Waals surface area contributed by atoms with E-state index in [0.717, 1.165) is 24.2 Å². The summed E-state index contributed by atoms with van der Waals surface area (Å²) in [6.07, 6.45) is 13.7. The summed E-state index contributed by atoms with van der Waals surface area (Å²) in [7, 11) is 0. The van der Waals surface area contributed by atoms with E-state index in [1.165, 1.54) is 83.6 Å². The second kappa shape index (κ2) is 12.4. The van der Waals surface area contributed by atoms with Crippen molar-refractivity contribution in [1.82, 2.24) is 0 Å². The lowest BCUT2D eigenvalue weighted by atomic mass is 9.70. The molecule has 1 nitrogen and oxygen atoms in total. The van der Waals surface area contributed by atoms with Crippen LogP contribution in [0.25, 0.3) is 39.6 Å². The van der Waals surface area contributed by atoms with Crippen LogP contribution in [0.15, 0.2) is 194 Å². The maximum absolute atomic E-state index is 2.52. The highest BCUT2D eigenvalue weighted by atomic mass is 15.1. The molecule has 0 aliphatic heterocycles. The lowest BCUT2D eigenvalue weighted by Crippen LogP contribution is -2.26. The average Bonchev–Trinajstić information content (AvgIpc) is 3.75. The normalized spacial score (nSPS) is 18.0. The number of nitrogens with zero attached hydrogens (tertiary/aromatic N) is 1. The van der Waals surface area contributed by atoms with E-state index < -0.39 is 5.41 Å². The van der Waals surface area contributed by atoms with Gasteiger partial charge < -0.3 is 4.90 Å². The fourth-order valence-corrected chi connectivity index (χ4v) is 11.6. The van der Waals surface area contributed by atoms with Gasteiger partial charge in [-0.2, -0.15) is 0 Å². The molecule has 58 heavy (non-hydrogen) atoms. The third-order valence-corrected chi connectivity index (χ3v) is 13.9. The zero-order chi connectivity index (χ0) is 38.6. The number of allylic oxidation sites excluding steroid dienone is 6. The molecule has 0 aromatic heterocycles. The van der Waals surface area contributed by atoms with Crippen LogP contribution in [-0.4, -0.2) is 0 Å². The highest BCUT2D eigenvalue weighted by Gasteiger charge is 2.51. The summed E-state index contributed by atoms with van der Waals surface area (Å²) in [6, 6.07) is 61.9. The first-order valence-corrected chi connectivity index (χ1v) is 20.9. The Balaban J connectivity index is 1.06. The Kier molecular flexibility index (Phi) is 7.15. The van der Waals surface area contributed by atoms with Gasteiger partial charge in [0.25, 0.3) is 0 Å². The summed E-state index contributed by atoms with van der Waals surface area (Å²) in [5.41, 5.74) is 23.4. The summed E-state index contributed by atoms with van der Waals surface area (Å²) in [4.78, 5) is 2.52. The number of fused-ring (bicyclic) bond motifs is 14. The van der Waals surface area contributed by atoms with Crippen LogP contribution in [0.4, 0.5) is 11.4 Å². The second-order valence-electron chi connectivity index (χ2n) is 17.0. The third kappa shape index (κ3) is 4.48. The quantitative estimate of drug-likeness (QED) is 0.174. The van der Waals surface area contributed by atoms with Crippen LogP contribution in [0, 0.1) is 0 Å². The smallest absolute Gasteiger partial charge is 0.0726 e. The molecule has 5 aliphatic carbocycles. The maximum Gasteiger partial charge on any atom is 0.0726 e. The second-order valence-corrected chi connectivity index (χ2v) is 17.0. The Bertz CT molecular complexity index is 2920. The van der Waals surface area contributed by atoms with Crippen LogP contribution in [0.3, 0.4) is 0 Å². The number of anilines is 2. The van der Waals surface area contributed by atoms with Crippen LogP contribution >= 0.6 is 0 Å². The molecule has 1 spiro atoms. The number of hydrogen-bond donors (Lipinski definition) is 0. The molecule has 5 aliphatic rings. The SMILES string of the molecule is CC1(C)C2=C(c3ccc(N(C4=CCC=Cc5ccccc54)c4ccc5c(c4)C4(c6ccccc6-c6ccccc64)c4ccccc4-5)cc3)C=CCC2c2ccccc21. The molecule has 0 saturated heterocycles. The van der Waals surface area contributed by atoms with E-state index in [2.05, 4.69) is 213 Å². The average molecular weight is 742 g/mol. The Morgan fingerprint density at radius 3 is 1.76 bits per heavy atom. The topological polar surface area (TPSA) is 3.24 Å². The Morgan fingerprint density at radius 1 is 0.500 bits per heavy atom. The van der Waals surface area contributed by atoms with Gasteiger partial charge in [-0.05, 0) is 115 Å². The van der Waals surface area contributed by atoms with Crippen molar-refractivity contribution in [3.63, 3.8) is 0 Å². The molecule has 0 saturated carbocycles. The predicted molar refractivity (Wildman–Crippen MR) is 242 cm³/mol. The molecule has 7 aromatic rings. The molecule has 0 heterocycles. The standard InChI is InChI=1S/C57H43N/c1-56(2)49-25-10-6-22-46(49)48-24-15-23-42(55(48)56)38-30-32-39(33-31-38)58(54-29-14-4-17-37-16-3-5-18-41(37)54)40-34-35-47-45-21-9-13-28-52(45)57(53(47)36-40)50-26-11-7-19-43(50)44-20-8-12-27-51(44)57/h3-13,15-23,25-36,48H,14,24H2,1-2H3. The first-order chi connectivity index (χ1) is 28.5. The van der Waals surface area contributed by atoms with Crippen LogP contribution in [0.1, 0.15) is 82.7 Å². The van der Waals surface area contributed by atoms with E-state index in [1.54, 1.807) is 5.57 Å². The Labute approximate surface area is 341 Å². The molecule has 1 atom stereocenters. The van der Waals surface area contributed by atoms with E-state index >= 15 is 0 Å². The van der Waals surface area contributed by atoms with Crippen molar-refractivity contribution in [3.8, 4) is 22.3 Å². The molecule has 1 heteroatoms. The molecule has 7 aromatic carbocycles. The minimum atomic E-state index is -0.411. The molecule has 0 radical (unpaired) electrons. The van der Waals surface area contributed by atoms with E-state index in [9.17, 15) is 0 Å². The summed E-state index contributed by atoms with van der Waals surface area (Å²) in [5.74, 6) is 0.427. The zero-order valence-electron chi connectivity index (χ0n) is 32.9. The van der Waals surface area contributed by atoms with Crippen LogP contribution in [0.2, 0.25) is 0 Å². The monoisotopic (exact) mass is 741 g/mol. The van der Waals surface area contributed by atoms with Gasteiger partial charge in [0.05, 0.1) is 11.1 Å². The maximum atomic E-state index is 2.52. The van der Waals surface area contributed by atoms with Crippen molar-refractivity contribution in [2.45, 2.75) is 43.4 Å². The summed E-state index contributed by atoms with van der Waals surface area (Å²) in [6.45, 7) is 4.83. The largest absolute Gasteiger partial charge is 0.310 e. The lowest BCUT2D eigenvalue weighted by Gasteiger charge is -2.33. The zero-order valence-corrected chi connectivity index (χ0v) is 32.9. The van der Waals surface area contributed by atoms with Crippen LogP contribution in [0.5, 0.6) is 0 Å². The van der Waals surface area contributed by atoms with Crippen molar-refractivity contribution in [2.75, 3.05) is 4.90 Å². The van der Waals surface area contributed by atoms with E-state index in [1.807, 2.05) is 0 Å². The van der Waals surface area contributed by atoms with Gasteiger partial charge in [-0.15, -0.1) is 0 Å². The summed E-state index contributed by atoms with van der Waals surface area (Å²) >= 11 is 0. The van der Waals surface area contributed by atoms with Gasteiger partial charge in [-0.25, -0.2) is 0 Å².